The molecule has 110 valence electrons. The third kappa shape index (κ3) is 2.79. The molecule has 0 N–H and O–H groups in total. The van der Waals surface area contributed by atoms with Gasteiger partial charge < -0.3 is 9.30 Å². The molecule has 0 saturated carbocycles. The normalized spacial score (nSPS) is 14.9. The highest BCUT2D eigenvalue weighted by atomic mass is 19.4. The number of benzene rings is 1. The van der Waals surface area contributed by atoms with Gasteiger partial charge in [0.05, 0.1) is 0 Å². The van der Waals surface area contributed by atoms with Gasteiger partial charge in [-0.25, -0.2) is 0 Å². The monoisotopic (exact) mass is 295 g/mol. The fourth-order valence-corrected chi connectivity index (χ4v) is 2.58. The highest BCUT2D eigenvalue weighted by Crippen LogP contribution is 2.27. The molecule has 0 amide bonds. The quantitative estimate of drug-likeness (QED) is 0.841. The number of carbonyl (C=O) groups excluding carboxylic acids is 1. The Morgan fingerprint density at radius 3 is 2.43 bits per heavy atom. The maximum atomic E-state index is 12.1. The second-order valence-electron chi connectivity index (χ2n) is 4.86. The van der Waals surface area contributed by atoms with Crippen LogP contribution in [0.1, 0.15) is 28.9 Å². The Morgan fingerprint density at radius 1 is 1.05 bits per heavy atom. The van der Waals surface area contributed by atoms with Crippen molar-refractivity contribution in [2.75, 3.05) is 0 Å². The molecule has 3 rings (SSSR count). The molecular weight excluding hydrogens is 283 g/mol. The molecule has 0 bridgehead atoms. The first-order chi connectivity index (χ1) is 9.94. The molecule has 0 atom stereocenters. The number of hydrogen-bond donors (Lipinski definition) is 0. The number of halogens is 3. The zero-order chi connectivity index (χ0) is 15.0. The van der Waals surface area contributed by atoms with Crippen LogP contribution < -0.4 is 4.74 Å². The molecule has 0 aliphatic heterocycles. The van der Waals surface area contributed by atoms with Crippen molar-refractivity contribution in [3.63, 3.8) is 0 Å². The standard InChI is InChI=1S/C15H12F3NO2/c16-15(17,18)21-11-6-4-10(5-7-11)19-9-8-12-13(19)2-1-3-14(12)20/h4-9H,1-3H2. The van der Waals surface area contributed by atoms with Crippen molar-refractivity contribution in [1.29, 1.82) is 0 Å². The first kappa shape index (κ1) is 13.7. The Kier molecular flexibility index (Phi) is 3.23. The minimum Gasteiger partial charge on any atom is -0.406 e. The number of rotatable bonds is 2. The third-order valence-corrected chi connectivity index (χ3v) is 3.46. The molecule has 6 heteroatoms. The Balaban J connectivity index is 1.90. The summed E-state index contributed by atoms with van der Waals surface area (Å²) in [7, 11) is 0. The second-order valence-corrected chi connectivity index (χ2v) is 4.86. The summed E-state index contributed by atoms with van der Waals surface area (Å²) in [5.74, 6) is -0.143. The van der Waals surface area contributed by atoms with Crippen molar-refractivity contribution in [2.24, 2.45) is 0 Å². The maximum Gasteiger partial charge on any atom is 0.573 e. The summed E-state index contributed by atoms with van der Waals surface area (Å²) in [6.45, 7) is 0. The van der Waals surface area contributed by atoms with Crippen LogP contribution in [-0.2, 0) is 6.42 Å². The van der Waals surface area contributed by atoms with Gasteiger partial charge in [-0.15, -0.1) is 13.2 Å². The molecule has 0 unspecified atom stereocenters. The van der Waals surface area contributed by atoms with Crippen molar-refractivity contribution in [2.45, 2.75) is 25.6 Å². The Hall–Kier alpha value is -2.24. The smallest absolute Gasteiger partial charge is 0.406 e. The van der Waals surface area contributed by atoms with Gasteiger partial charge in [0, 0.05) is 29.6 Å². The molecule has 21 heavy (non-hydrogen) atoms. The summed E-state index contributed by atoms with van der Waals surface area (Å²) in [5, 5.41) is 0. The Morgan fingerprint density at radius 2 is 1.76 bits per heavy atom. The number of nitrogens with zero attached hydrogens (tertiary/aromatic N) is 1. The summed E-state index contributed by atoms with van der Waals surface area (Å²) < 4.78 is 42.0. The topological polar surface area (TPSA) is 31.2 Å². The lowest BCUT2D eigenvalue weighted by Gasteiger charge is -2.15. The highest BCUT2D eigenvalue weighted by Gasteiger charge is 2.31. The third-order valence-electron chi connectivity index (χ3n) is 3.46. The number of carbonyl (C=O) groups is 1. The summed E-state index contributed by atoms with van der Waals surface area (Å²) >= 11 is 0. The van der Waals surface area contributed by atoms with Gasteiger partial charge in [0.2, 0.25) is 0 Å². The van der Waals surface area contributed by atoms with E-state index >= 15 is 0 Å². The minimum absolute atomic E-state index is 0.118. The van der Waals surface area contributed by atoms with Gasteiger partial charge in [0.1, 0.15) is 5.75 Å². The van der Waals surface area contributed by atoms with Crippen LogP contribution in [0, 0.1) is 0 Å². The molecule has 3 nitrogen and oxygen atoms in total. The average molecular weight is 295 g/mol. The first-order valence-electron chi connectivity index (χ1n) is 6.54. The van der Waals surface area contributed by atoms with Gasteiger partial charge in [0.25, 0.3) is 0 Å². The van der Waals surface area contributed by atoms with Crippen LogP contribution in [0.15, 0.2) is 36.5 Å². The van der Waals surface area contributed by atoms with Crippen LogP contribution in [0.2, 0.25) is 0 Å². The van der Waals surface area contributed by atoms with Gasteiger partial charge in [0.15, 0.2) is 5.78 Å². The Bertz CT molecular complexity index is 671. The number of ether oxygens (including phenoxy) is 1. The van der Waals surface area contributed by atoms with E-state index in [1.54, 1.807) is 24.4 Å². The van der Waals surface area contributed by atoms with E-state index in [9.17, 15) is 18.0 Å². The SMILES string of the molecule is O=C1CCCc2c1ccn2-c1ccc(OC(F)(F)F)cc1. The van der Waals surface area contributed by atoms with Crippen molar-refractivity contribution in [3.05, 3.63) is 47.8 Å². The highest BCUT2D eigenvalue weighted by molar-refractivity contribution is 5.98. The van der Waals surface area contributed by atoms with E-state index in [2.05, 4.69) is 4.74 Å². The molecule has 0 spiro atoms. The average Bonchev–Trinajstić information content (AvgIpc) is 2.83. The number of ketones is 1. The zero-order valence-electron chi connectivity index (χ0n) is 11.0. The zero-order valence-corrected chi connectivity index (χ0v) is 11.0. The molecule has 1 aliphatic carbocycles. The van der Waals surface area contributed by atoms with Crippen LogP contribution in [0.4, 0.5) is 13.2 Å². The molecule has 0 radical (unpaired) electrons. The first-order valence-corrected chi connectivity index (χ1v) is 6.54. The largest absolute Gasteiger partial charge is 0.573 e. The van der Waals surface area contributed by atoms with Gasteiger partial charge >= 0.3 is 6.36 Å². The molecule has 2 aromatic rings. The molecule has 1 heterocycles. The molecule has 1 aromatic carbocycles. The van der Waals surface area contributed by atoms with E-state index in [1.165, 1.54) is 12.1 Å². The predicted molar refractivity (Wildman–Crippen MR) is 69.7 cm³/mol. The van der Waals surface area contributed by atoms with Crippen LogP contribution in [0.5, 0.6) is 5.75 Å². The number of Topliss-reactive ketones (excluding diaryl/α,β-unsaturated/α-hetero) is 1. The lowest BCUT2D eigenvalue weighted by molar-refractivity contribution is -0.274. The maximum absolute atomic E-state index is 12.1. The fraction of sp³-hybridized carbons (Fsp3) is 0.267. The van der Waals surface area contributed by atoms with Gasteiger partial charge in [-0.05, 0) is 43.2 Å². The Labute approximate surface area is 118 Å². The fourth-order valence-electron chi connectivity index (χ4n) is 2.58. The lowest BCUT2D eigenvalue weighted by Crippen LogP contribution is -2.17. The minimum atomic E-state index is -4.69. The number of hydrogen-bond acceptors (Lipinski definition) is 2. The number of alkyl halides is 3. The van der Waals surface area contributed by atoms with Gasteiger partial charge in [-0.2, -0.15) is 0 Å². The van der Waals surface area contributed by atoms with Crippen LogP contribution in [-0.4, -0.2) is 16.7 Å². The lowest BCUT2D eigenvalue weighted by atomic mass is 9.97. The summed E-state index contributed by atoms with van der Waals surface area (Å²) in [4.78, 5) is 11.8. The van der Waals surface area contributed by atoms with E-state index in [4.69, 9.17) is 0 Å². The van der Waals surface area contributed by atoms with Crippen LogP contribution in [0.3, 0.4) is 0 Å². The number of aromatic nitrogens is 1. The van der Waals surface area contributed by atoms with Crippen LogP contribution >= 0.6 is 0 Å². The van der Waals surface area contributed by atoms with E-state index in [0.29, 0.717) is 17.7 Å². The van der Waals surface area contributed by atoms with E-state index in [1.807, 2.05) is 4.57 Å². The van der Waals surface area contributed by atoms with E-state index < -0.39 is 6.36 Å². The van der Waals surface area contributed by atoms with Crippen molar-refractivity contribution in [1.82, 2.24) is 4.57 Å². The van der Waals surface area contributed by atoms with Crippen molar-refractivity contribution < 1.29 is 22.7 Å². The summed E-state index contributed by atoms with van der Waals surface area (Å²) in [5.41, 5.74) is 2.33. The summed E-state index contributed by atoms with van der Waals surface area (Å²) in [6.07, 6.45) is -0.788. The van der Waals surface area contributed by atoms with Crippen LogP contribution in [0.25, 0.3) is 5.69 Å². The van der Waals surface area contributed by atoms with E-state index in [0.717, 1.165) is 18.5 Å². The second kappa shape index (κ2) is 4.95. The molecule has 0 fully saturated rings. The molecule has 1 aromatic heterocycles. The van der Waals surface area contributed by atoms with Crippen molar-refractivity contribution in [3.8, 4) is 11.4 Å². The van der Waals surface area contributed by atoms with E-state index in [-0.39, 0.29) is 11.5 Å². The van der Waals surface area contributed by atoms with Gasteiger partial charge in [-0.3, -0.25) is 4.79 Å². The van der Waals surface area contributed by atoms with Gasteiger partial charge in [-0.1, -0.05) is 0 Å². The number of fused-ring (bicyclic) bond motifs is 1. The molecule has 0 saturated heterocycles. The molecule has 1 aliphatic rings. The van der Waals surface area contributed by atoms with Crippen molar-refractivity contribution >= 4 is 5.78 Å². The molecular formula is C15H12F3NO2. The summed E-state index contributed by atoms with van der Waals surface area (Å²) in [6, 6.07) is 7.37. The predicted octanol–water partition coefficient (Wildman–Crippen LogP) is 3.89.